The second-order valence-corrected chi connectivity index (χ2v) is 11.4. The van der Waals surface area contributed by atoms with Crippen LogP contribution in [0, 0.1) is 0 Å². The van der Waals surface area contributed by atoms with E-state index in [1.54, 1.807) is 0 Å². The first-order valence-electron chi connectivity index (χ1n) is 9.37. The van der Waals surface area contributed by atoms with Gasteiger partial charge in [-0.15, -0.1) is 0 Å². The SMILES string of the molecule is C.O=C(CO)COP(=O)(O)O.O=C(COP(=O)(O)O)[C@@H](O)[C@@H](O)[C@H](O)COP(=O)(O)O.O=C[C@H](O)COP(=O)(O)O. The van der Waals surface area contributed by atoms with Gasteiger partial charge in [-0.3, -0.25) is 27.7 Å². The molecule has 0 saturated heterocycles. The Morgan fingerprint density at radius 1 is 0.659 bits per heavy atom. The molecule has 0 aliphatic rings. The fraction of sp³-hybridized carbons (Fsp3) is 0.769. The quantitative estimate of drug-likeness (QED) is 0.0499. The van der Waals surface area contributed by atoms with Gasteiger partial charge in [-0.2, -0.15) is 0 Å². The molecule has 0 amide bonds. The number of ketones is 2. The summed E-state index contributed by atoms with van der Waals surface area (Å²) in [4.78, 5) is 96.3. The third kappa shape index (κ3) is 35.4. The minimum Gasteiger partial charge on any atom is -0.388 e. The lowest BCUT2D eigenvalue weighted by atomic mass is 10.1. The molecule has 248 valence electrons. The maximum absolute atomic E-state index is 11.2. The van der Waals surface area contributed by atoms with Gasteiger partial charge < -0.3 is 69.5 Å². The number of phosphoric ester groups is 4. The fourth-order valence-corrected chi connectivity index (χ4v) is 2.62. The van der Waals surface area contributed by atoms with Crippen molar-refractivity contribution in [1.29, 1.82) is 0 Å². The van der Waals surface area contributed by atoms with Crippen molar-refractivity contribution in [3.8, 4) is 0 Å². The van der Waals surface area contributed by atoms with Crippen LogP contribution >= 0.6 is 31.3 Å². The molecule has 0 aromatic heterocycles. The summed E-state index contributed by atoms with van der Waals surface area (Å²) >= 11 is 0. The van der Waals surface area contributed by atoms with Crippen LogP contribution in [-0.2, 0) is 50.7 Å². The van der Waals surface area contributed by atoms with E-state index < -0.39 is 100 Å². The van der Waals surface area contributed by atoms with Gasteiger partial charge in [-0.25, -0.2) is 18.3 Å². The summed E-state index contributed by atoms with van der Waals surface area (Å²) < 4.78 is 55.5. The van der Waals surface area contributed by atoms with Crippen LogP contribution in [0.25, 0.3) is 0 Å². The molecule has 41 heavy (non-hydrogen) atoms. The Kier molecular flexibility index (Phi) is 25.2. The molecular formula is C13H32O24P4. The van der Waals surface area contributed by atoms with Crippen molar-refractivity contribution < 1.29 is 115 Å². The zero-order chi connectivity index (χ0) is 32.5. The van der Waals surface area contributed by atoms with Crippen molar-refractivity contribution in [2.24, 2.45) is 0 Å². The molecule has 0 bridgehead atoms. The molecule has 0 saturated carbocycles. The zero-order valence-corrected chi connectivity index (χ0v) is 23.1. The third-order valence-corrected chi connectivity index (χ3v) is 4.88. The number of rotatable bonds is 17. The van der Waals surface area contributed by atoms with Crippen LogP contribution in [0.5, 0.6) is 0 Å². The highest BCUT2D eigenvalue weighted by Gasteiger charge is 2.33. The zero-order valence-electron chi connectivity index (χ0n) is 19.5. The molecule has 0 aromatic carbocycles. The Hall–Kier alpha value is -0.750. The van der Waals surface area contributed by atoms with Crippen LogP contribution in [0.1, 0.15) is 7.43 Å². The summed E-state index contributed by atoms with van der Waals surface area (Å²) in [7, 11) is -19.0. The number of phosphoric acid groups is 4. The van der Waals surface area contributed by atoms with Crippen molar-refractivity contribution in [3.63, 3.8) is 0 Å². The van der Waals surface area contributed by atoms with Crippen LogP contribution in [0.3, 0.4) is 0 Å². The molecule has 0 aliphatic heterocycles. The number of aliphatic hydroxyl groups is 5. The first-order chi connectivity index (χ1) is 17.7. The van der Waals surface area contributed by atoms with Gasteiger partial charge in [0.15, 0.2) is 17.9 Å². The van der Waals surface area contributed by atoms with E-state index in [0.29, 0.717) is 0 Å². The Morgan fingerprint density at radius 2 is 1.02 bits per heavy atom. The average Bonchev–Trinajstić information content (AvgIpc) is 2.80. The van der Waals surface area contributed by atoms with Gasteiger partial charge in [-0.1, -0.05) is 7.43 Å². The highest BCUT2D eigenvalue weighted by atomic mass is 31.2. The lowest BCUT2D eigenvalue weighted by Gasteiger charge is -2.22. The predicted molar refractivity (Wildman–Crippen MR) is 126 cm³/mol. The lowest BCUT2D eigenvalue weighted by molar-refractivity contribution is -0.142. The first kappa shape index (κ1) is 47.2. The van der Waals surface area contributed by atoms with E-state index in [2.05, 4.69) is 18.1 Å². The van der Waals surface area contributed by atoms with Gasteiger partial charge >= 0.3 is 31.3 Å². The lowest BCUT2D eigenvalue weighted by Crippen LogP contribution is -2.45. The summed E-state index contributed by atoms with van der Waals surface area (Å²) in [5, 5.41) is 44.2. The van der Waals surface area contributed by atoms with Gasteiger partial charge in [-0.05, 0) is 0 Å². The summed E-state index contributed by atoms with van der Waals surface area (Å²) in [5.74, 6) is -2.14. The fourth-order valence-electron chi connectivity index (χ4n) is 1.32. The summed E-state index contributed by atoms with van der Waals surface area (Å²) in [6.07, 6.45) is -7.88. The van der Waals surface area contributed by atoms with Crippen LogP contribution < -0.4 is 0 Å². The van der Waals surface area contributed by atoms with Crippen molar-refractivity contribution >= 4 is 49.1 Å². The number of hydrogen-bond donors (Lipinski definition) is 13. The highest BCUT2D eigenvalue weighted by Crippen LogP contribution is 2.37. The molecule has 0 rings (SSSR count). The first-order valence-corrected chi connectivity index (χ1v) is 15.5. The molecule has 0 unspecified atom stereocenters. The minimum absolute atomic E-state index is 0. The topological polar surface area (TPSA) is 419 Å². The molecular weight excluding hydrogens is 664 g/mol. The number of carbonyl (C=O) groups is 3. The number of hydrogen-bond acceptors (Lipinski definition) is 16. The van der Waals surface area contributed by atoms with Crippen LogP contribution in [-0.4, -0.2) is 140 Å². The van der Waals surface area contributed by atoms with Gasteiger partial charge in [0.1, 0.15) is 44.2 Å². The van der Waals surface area contributed by atoms with Crippen molar-refractivity contribution in [3.05, 3.63) is 0 Å². The van der Waals surface area contributed by atoms with Crippen LogP contribution in [0.15, 0.2) is 0 Å². The Balaban J connectivity index is -0.000000275. The van der Waals surface area contributed by atoms with Crippen LogP contribution in [0.4, 0.5) is 0 Å². The van der Waals surface area contributed by atoms with Crippen molar-refractivity contribution in [2.45, 2.75) is 31.8 Å². The standard InChI is InChI=1S/C6H14O12P2.2C3H7O6P.CH4/c7-3(1-17-19(11,12)13)5(9)6(10)4(8)2-18-20(14,15)16;2*4-1-3(5)2-9-10(6,7)8;/h3,5-7,9-10H,1-2H2,(H2,11,12,13)(H2,14,15,16);4H,1-2H2,(H2,6,7,8);1,3,5H,2H2,(H2,6,7,8);1H4/t3-,5+,6-;;3-;/m1.0./s1. The second kappa shape index (κ2) is 21.9. The molecule has 24 nitrogen and oxygen atoms in total. The smallest absolute Gasteiger partial charge is 0.388 e. The van der Waals surface area contributed by atoms with Gasteiger partial charge in [0.05, 0.1) is 13.2 Å². The van der Waals surface area contributed by atoms with Gasteiger partial charge in [0.2, 0.25) is 0 Å². The van der Waals surface area contributed by atoms with E-state index in [4.69, 9.17) is 49.4 Å². The Morgan fingerprint density at radius 3 is 1.37 bits per heavy atom. The minimum atomic E-state index is -4.95. The van der Waals surface area contributed by atoms with E-state index in [-0.39, 0.29) is 13.7 Å². The molecule has 0 spiro atoms. The molecule has 0 aromatic rings. The molecule has 0 aliphatic carbocycles. The van der Waals surface area contributed by atoms with E-state index in [1.165, 1.54) is 0 Å². The Bertz CT molecular complexity index is 945. The summed E-state index contributed by atoms with van der Waals surface area (Å²) in [5.41, 5.74) is 0. The summed E-state index contributed by atoms with van der Waals surface area (Å²) in [6, 6.07) is 0. The van der Waals surface area contributed by atoms with E-state index in [1.807, 2.05) is 0 Å². The molecule has 13 N–H and O–H groups in total. The molecule has 28 heteroatoms. The average molecular weight is 696 g/mol. The number of aldehydes is 1. The maximum atomic E-state index is 11.2. The van der Waals surface area contributed by atoms with Gasteiger partial charge in [0.25, 0.3) is 0 Å². The second-order valence-electron chi connectivity index (χ2n) is 6.47. The number of aliphatic hydroxyl groups excluding tert-OH is 5. The molecule has 0 radical (unpaired) electrons. The van der Waals surface area contributed by atoms with Crippen LogP contribution in [0.2, 0.25) is 0 Å². The maximum Gasteiger partial charge on any atom is 0.470 e. The van der Waals surface area contributed by atoms with Crippen molar-refractivity contribution in [2.75, 3.05) is 33.0 Å². The van der Waals surface area contributed by atoms with E-state index in [9.17, 15) is 48.0 Å². The Labute approximate surface area is 230 Å². The monoisotopic (exact) mass is 696 g/mol. The molecule has 0 fully saturated rings. The van der Waals surface area contributed by atoms with Crippen molar-refractivity contribution in [1.82, 2.24) is 0 Å². The van der Waals surface area contributed by atoms with Gasteiger partial charge in [0, 0.05) is 0 Å². The number of Topliss-reactive ketones (excluding diaryl/α,β-unsaturated/α-hetero) is 2. The largest absolute Gasteiger partial charge is 0.470 e. The predicted octanol–water partition coefficient (Wildman–Crippen LogP) is -5.19. The molecule has 0 heterocycles. The highest BCUT2D eigenvalue weighted by molar-refractivity contribution is 7.47. The summed E-state index contributed by atoms with van der Waals surface area (Å²) in [6.45, 7) is -4.56. The normalized spacial score (nSPS) is 15.0. The number of carbonyl (C=O) groups excluding carboxylic acids is 3. The third-order valence-electron chi connectivity index (χ3n) is 2.98. The van der Waals surface area contributed by atoms with E-state index >= 15 is 0 Å². The molecule has 4 atom stereocenters. The van der Waals surface area contributed by atoms with E-state index in [0.717, 1.165) is 0 Å².